The minimum absolute atomic E-state index is 0.115. The van der Waals surface area contributed by atoms with E-state index in [4.69, 9.17) is 9.47 Å². The summed E-state index contributed by atoms with van der Waals surface area (Å²) in [6.45, 7) is 5.19. The highest BCUT2D eigenvalue weighted by atomic mass is 16.7. The van der Waals surface area contributed by atoms with E-state index >= 15 is 0 Å². The van der Waals surface area contributed by atoms with E-state index in [1.165, 1.54) is 0 Å². The molecule has 0 saturated heterocycles. The van der Waals surface area contributed by atoms with Crippen molar-refractivity contribution >= 4 is 5.78 Å². The van der Waals surface area contributed by atoms with E-state index in [1.54, 1.807) is 18.2 Å². The van der Waals surface area contributed by atoms with E-state index in [0.717, 1.165) is 19.4 Å². The highest BCUT2D eigenvalue weighted by Crippen LogP contribution is 2.32. The van der Waals surface area contributed by atoms with Gasteiger partial charge in [-0.3, -0.25) is 4.79 Å². The van der Waals surface area contributed by atoms with Gasteiger partial charge in [-0.1, -0.05) is 13.8 Å². The summed E-state index contributed by atoms with van der Waals surface area (Å²) in [5.74, 6) is 1.48. The number of hydrogen-bond acceptors (Lipinski definition) is 4. The first kappa shape index (κ1) is 12.9. The molecule has 0 radical (unpaired) electrons. The molecule has 1 N–H and O–H groups in total. The maximum Gasteiger partial charge on any atom is 0.231 e. The smallest absolute Gasteiger partial charge is 0.231 e. The molecule has 4 heteroatoms. The molecule has 1 aliphatic heterocycles. The molecule has 0 aliphatic carbocycles. The van der Waals surface area contributed by atoms with E-state index in [2.05, 4.69) is 12.2 Å². The Bertz CT molecular complexity index is 431. The normalized spacial score (nSPS) is 14.6. The molecule has 2 rings (SSSR count). The topological polar surface area (TPSA) is 47.6 Å². The second-order valence-electron chi connectivity index (χ2n) is 4.35. The fourth-order valence-electron chi connectivity index (χ4n) is 1.99. The molecule has 0 amide bonds. The van der Waals surface area contributed by atoms with E-state index in [9.17, 15) is 4.79 Å². The lowest BCUT2D eigenvalue weighted by Gasteiger charge is -2.15. The minimum Gasteiger partial charge on any atom is -0.454 e. The lowest BCUT2D eigenvalue weighted by atomic mass is 10.0. The fourth-order valence-corrected chi connectivity index (χ4v) is 1.99. The number of nitrogens with one attached hydrogen (secondary N) is 1. The second-order valence-corrected chi connectivity index (χ2v) is 4.35. The molecule has 1 aliphatic rings. The van der Waals surface area contributed by atoms with Crippen LogP contribution in [0.15, 0.2) is 18.2 Å². The Morgan fingerprint density at radius 3 is 2.83 bits per heavy atom. The third kappa shape index (κ3) is 2.64. The molecule has 1 aromatic rings. The molecular formula is C14H19NO3. The SMILES string of the molecule is CCCNC(CC)C(=O)c1ccc2c(c1)OCO2. The molecule has 98 valence electrons. The predicted molar refractivity (Wildman–Crippen MR) is 69.3 cm³/mol. The molecule has 1 unspecified atom stereocenters. The van der Waals surface area contributed by atoms with Crippen LogP contribution in [0.1, 0.15) is 37.0 Å². The number of benzene rings is 1. The highest BCUT2D eigenvalue weighted by molar-refractivity contribution is 6.00. The summed E-state index contributed by atoms with van der Waals surface area (Å²) >= 11 is 0. The summed E-state index contributed by atoms with van der Waals surface area (Å²) in [5.41, 5.74) is 0.676. The Kier molecular flexibility index (Phi) is 4.20. The first-order valence-corrected chi connectivity index (χ1v) is 6.43. The van der Waals surface area contributed by atoms with Crippen LogP contribution in [-0.2, 0) is 0 Å². The van der Waals surface area contributed by atoms with E-state index in [0.29, 0.717) is 17.1 Å². The van der Waals surface area contributed by atoms with Crippen LogP contribution < -0.4 is 14.8 Å². The number of rotatable bonds is 6. The van der Waals surface area contributed by atoms with Crippen LogP contribution >= 0.6 is 0 Å². The number of fused-ring (bicyclic) bond motifs is 1. The largest absolute Gasteiger partial charge is 0.454 e. The molecule has 1 heterocycles. The van der Waals surface area contributed by atoms with Crippen molar-refractivity contribution in [1.29, 1.82) is 0 Å². The average Bonchev–Trinajstić information content (AvgIpc) is 2.86. The summed E-state index contributed by atoms with van der Waals surface area (Å²) in [5, 5.41) is 3.26. The van der Waals surface area contributed by atoms with Crippen molar-refractivity contribution < 1.29 is 14.3 Å². The van der Waals surface area contributed by atoms with Crippen LogP contribution in [0.4, 0.5) is 0 Å². The van der Waals surface area contributed by atoms with E-state index < -0.39 is 0 Å². The van der Waals surface area contributed by atoms with Crippen LogP contribution in [0.5, 0.6) is 11.5 Å². The Morgan fingerprint density at radius 2 is 2.11 bits per heavy atom. The number of Topliss-reactive ketones (excluding diaryl/α,β-unsaturated/α-hetero) is 1. The summed E-state index contributed by atoms with van der Waals surface area (Å²) in [7, 11) is 0. The van der Waals surface area contributed by atoms with Crippen LogP contribution in [0.2, 0.25) is 0 Å². The maximum absolute atomic E-state index is 12.3. The summed E-state index contributed by atoms with van der Waals surface area (Å²) in [6, 6.07) is 5.24. The lowest BCUT2D eigenvalue weighted by molar-refractivity contribution is 0.0940. The molecular weight excluding hydrogens is 230 g/mol. The predicted octanol–water partition coefficient (Wildman–Crippen LogP) is 2.38. The van der Waals surface area contributed by atoms with Crippen molar-refractivity contribution in [2.24, 2.45) is 0 Å². The number of ether oxygens (including phenoxy) is 2. The summed E-state index contributed by atoms with van der Waals surface area (Å²) in [4.78, 5) is 12.3. The van der Waals surface area contributed by atoms with Gasteiger partial charge in [0.25, 0.3) is 0 Å². The Balaban J connectivity index is 2.12. The third-order valence-electron chi connectivity index (χ3n) is 3.02. The Hall–Kier alpha value is -1.55. The number of carbonyl (C=O) groups excluding carboxylic acids is 1. The molecule has 0 aromatic heterocycles. The van der Waals surface area contributed by atoms with Gasteiger partial charge in [0.1, 0.15) is 0 Å². The van der Waals surface area contributed by atoms with E-state index in [1.807, 2.05) is 6.92 Å². The highest BCUT2D eigenvalue weighted by Gasteiger charge is 2.21. The van der Waals surface area contributed by atoms with Crippen LogP contribution in [0.25, 0.3) is 0 Å². The number of hydrogen-bond donors (Lipinski definition) is 1. The molecule has 18 heavy (non-hydrogen) atoms. The van der Waals surface area contributed by atoms with Gasteiger partial charge in [-0.2, -0.15) is 0 Å². The van der Waals surface area contributed by atoms with Gasteiger partial charge in [0.05, 0.1) is 6.04 Å². The van der Waals surface area contributed by atoms with Gasteiger partial charge in [-0.05, 0) is 37.6 Å². The first-order chi connectivity index (χ1) is 8.76. The van der Waals surface area contributed by atoms with Crippen molar-refractivity contribution in [3.63, 3.8) is 0 Å². The number of carbonyl (C=O) groups is 1. The molecule has 0 bridgehead atoms. The average molecular weight is 249 g/mol. The van der Waals surface area contributed by atoms with Crippen molar-refractivity contribution in [3.8, 4) is 11.5 Å². The van der Waals surface area contributed by atoms with Crippen LogP contribution in [0.3, 0.4) is 0 Å². The minimum atomic E-state index is -0.120. The van der Waals surface area contributed by atoms with Crippen LogP contribution in [-0.4, -0.2) is 25.2 Å². The van der Waals surface area contributed by atoms with Gasteiger partial charge in [0, 0.05) is 5.56 Å². The quantitative estimate of drug-likeness (QED) is 0.786. The van der Waals surface area contributed by atoms with Crippen molar-refractivity contribution in [2.75, 3.05) is 13.3 Å². The van der Waals surface area contributed by atoms with Gasteiger partial charge >= 0.3 is 0 Å². The van der Waals surface area contributed by atoms with Crippen molar-refractivity contribution in [2.45, 2.75) is 32.7 Å². The first-order valence-electron chi connectivity index (χ1n) is 6.43. The van der Waals surface area contributed by atoms with E-state index in [-0.39, 0.29) is 18.6 Å². The number of ketones is 1. The summed E-state index contributed by atoms with van der Waals surface area (Å²) in [6.07, 6.45) is 1.80. The van der Waals surface area contributed by atoms with Gasteiger partial charge in [-0.15, -0.1) is 0 Å². The monoisotopic (exact) mass is 249 g/mol. The van der Waals surface area contributed by atoms with Gasteiger partial charge in [0.2, 0.25) is 6.79 Å². The lowest BCUT2D eigenvalue weighted by Crippen LogP contribution is -2.36. The molecule has 1 aromatic carbocycles. The molecule has 1 atom stereocenters. The Labute approximate surface area is 107 Å². The van der Waals surface area contributed by atoms with Gasteiger partial charge < -0.3 is 14.8 Å². The Morgan fingerprint density at radius 1 is 1.33 bits per heavy atom. The second kappa shape index (κ2) is 5.87. The van der Waals surface area contributed by atoms with Gasteiger partial charge in [0.15, 0.2) is 17.3 Å². The zero-order valence-corrected chi connectivity index (χ0v) is 10.9. The summed E-state index contributed by atoms with van der Waals surface area (Å²) < 4.78 is 10.5. The standard InChI is InChI=1S/C14H19NO3/c1-3-7-15-11(4-2)14(16)10-5-6-12-13(8-10)18-9-17-12/h5-6,8,11,15H,3-4,7,9H2,1-2H3. The molecule has 0 fully saturated rings. The third-order valence-corrected chi connectivity index (χ3v) is 3.02. The molecule has 4 nitrogen and oxygen atoms in total. The van der Waals surface area contributed by atoms with Crippen molar-refractivity contribution in [1.82, 2.24) is 5.32 Å². The zero-order chi connectivity index (χ0) is 13.0. The maximum atomic E-state index is 12.3. The van der Waals surface area contributed by atoms with Crippen molar-refractivity contribution in [3.05, 3.63) is 23.8 Å². The van der Waals surface area contributed by atoms with Gasteiger partial charge in [-0.25, -0.2) is 0 Å². The van der Waals surface area contributed by atoms with Crippen LogP contribution in [0, 0.1) is 0 Å². The molecule has 0 spiro atoms. The fraction of sp³-hybridized carbons (Fsp3) is 0.500. The zero-order valence-electron chi connectivity index (χ0n) is 10.9. The molecule has 0 saturated carbocycles.